The van der Waals surface area contributed by atoms with Gasteiger partial charge in [-0.1, -0.05) is 0 Å². The molecule has 0 bridgehead atoms. The Morgan fingerprint density at radius 2 is 2.06 bits per heavy atom. The molecule has 1 rings (SSSR count). The Morgan fingerprint density at radius 1 is 1.39 bits per heavy atom. The highest BCUT2D eigenvalue weighted by molar-refractivity contribution is 5.87. The zero-order chi connectivity index (χ0) is 13.7. The van der Waals surface area contributed by atoms with Gasteiger partial charge in [-0.25, -0.2) is 4.79 Å². The Morgan fingerprint density at radius 3 is 2.61 bits per heavy atom. The summed E-state index contributed by atoms with van der Waals surface area (Å²) in [6, 6.07) is -2.05. The highest BCUT2D eigenvalue weighted by atomic mass is 16.5. The van der Waals surface area contributed by atoms with E-state index in [1.165, 1.54) is 0 Å². The summed E-state index contributed by atoms with van der Waals surface area (Å²) in [5, 5.41) is 17.4. The van der Waals surface area contributed by atoms with Crippen molar-refractivity contribution in [3.8, 4) is 0 Å². The number of aliphatic carboxylic acids is 2. The SMILES string of the molecule is NC(CCC(=O)O)C(=O)N1CCOCC1C(=O)O. The van der Waals surface area contributed by atoms with Gasteiger partial charge in [-0.3, -0.25) is 9.59 Å². The molecule has 4 N–H and O–H groups in total. The highest BCUT2D eigenvalue weighted by Crippen LogP contribution is 2.10. The summed E-state index contributed by atoms with van der Waals surface area (Å²) in [4.78, 5) is 34.4. The van der Waals surface area contributed by atoms with Gasteiger partial charge in [-0.15, -0.1) is 0 Å². The molecule has 2 unspecified atom stereocenters. The van der Waals surface area contributed by atoms with Crippen molar-refractivity contribution >= 4 is 17.8 Å². The summed E-state index contributed by atoms with van der Waals surface area (Å²) in [6.07, 6.45) is -0.243. The lowest BCUT2D eigenvalue weighted by Gasteiger charge is -2.34. The normalized spacial score (nSPS) is 21.4. The van der Waals surface area contributed by atoms with Gasteiger partial charge in [-0.05, 0) is 6.42 Å². The van der Waals surface area contributed by atoms with Gasteiger partial charge in [0.2, 0.25) is 5.91 Å². The summed E-state index contributed by atoms with van der Waals surface area (Å²) < 4.78 is 4.99. The number of nitrogens with two attached hydrogens (primary N) is 1. The van der Waals surface area contributed by atoms with Gasteiger partial charge in [0.05, 0.1) is 19.3 Å². The lowest BCUT2D eigenvalue weighted by Crippen LogP contribution is -2.56. The van der Waals surface area contributed by atoms with E-state index in [1.54, 1.807) is 0 Å². The molecule has 1 saturated heterocycles. The summed E-state index contributed by atoms with van der Waals surface area (Å²) in [6.45, 7) is 0.324. The van der Waals surface area contributed by atoms with E-state index >= 15 is 0 Å². The van der Waals surface area contributed by atoms with Crippen molar-refractivity contribution in [3.05, 3.63) is 0 Å². The molecule has 1 heterocycles. The number of rotatable bonds is 5. The second kappa shape index (κ2) is 6.31. The van der Waals surface area contributed by atoms with Crippen molar-refractivity contribution < 1.29 is 29.3 Å². The van der Waals surface area contributed by atoms with E-state index in [4.69, 9.17) is 20.7 Å². The van der Waals surface area contributed by atoms with Crippen LogP contribution in [0.1, 0.15) is 12.8 Å². The van der Waals surface area contributed by atoms with E-state index in [-0.39, 0.29) is 32.6 Å². The number of morpholine rings is 1. The summed E-state index contributed by atoms with van der Waals surface area (Å²) in [5.41, 5.74) is 5.57. The molecule has 102 valence electrons. The van der Waals surface area contributed by atoms with Gasteiger partial charge in [0.1, 0.15) is 0 Å². The standard InChI is InChI=1S/C10H16N2O6/c11-6(1-2-8(13)14)9(15)12-3-4-18-5-7(12)10(16)17/h6-7H,1-5,11H2,(H,13,14)(H,16,17). The Hall–Kier alpha value is -1.67. The lowest BCUT2D eigenvalue weighted by atomic mass is 10.1. The molecule has 1 fully saturated rings. The number of carbonyl (C=O) groups is 3. The van der Waals surface area contributed by atoms with Crippen LogP contribution in [0.2, 0.25) is 0 Å². The second-order valence-corrected chi connectivity index (χ2v) is 4.00. The molecule has 8 heteroatoms. The second-order valence-electron chi connectivity index (χ2n) is 4.00. The van der Waals surface area contributed by atoms with E-state index in [9.17, 15) is 14.4 Å². The molecule has 0 saturated carbocycles. The van der Waals surface area contributed by atoms with E-state index in [1.807, 2.05) is 0 Å². The third kappa shape index (κ3) is 3.67. The number of amides is 1. The molecule has 2 atom stereocenters. The van der Waals surface area contributed by atoms with Crippen LogP contribution in [0.5, 0.6) is 0 Å². The highest BCUT2D eigenvalue weighted by Gasteiger charge is 2.34. The minimum absolute atomic E-state index is 0.0160. The number of nitrogens with zero attached hydrogens (tertiary/aromatic N) is 1. The maximum absolute atomic E-state index is 11.9. The van der Waals surface area contributed by atoms with E-state index in [0.717, 1.165) is 4.90 Å². The van der Waals surface area contributed by atoms with Crippen molar-refractivity contribution in [1.82, 2.24) is 4.90 Å². The fourth-order valence-corrected chi connectivity index (χ4v) is 1.69. The van der Waals surface area contributed by atoms with Crippen molar-refractivity contribution in [2.24, 2.45) is 5.73 Å². The van der Waals surface area contributed by atoms with Crippen molar-refractivity contribution in [3.63, 3.8) is 0 Å². The summed E-state index contributed by atoms with van der Waals surface area (Å²) in [5.74, 6) is -2.75. The van der Waals surface area contributed by atoms with Crippen LogP contribution < -0.4 is 5.73 Å². The smallest absolute Gasteiger partial charge is 0.328 e. The number of carbonyl (C=O) groups excluding carboxylic acids is 1. The molecule has 8 nitrogen and oxygen atoms in total. The first kappa shape index (κ1) is 14.4. The predicted molar refractivity (Wildman–Crippen MR) is 58.8 cm³/mol. The molecule has 0 aromatic carbocycles. The number of hydrogen-bond acceptors (Lipinski definition) is 5. The Balaban J connectivity index is 2.62. The predicted octanol–water partition coefficient (Wildman–Crippen LogP) is -1.51. The largest absolute Gasteiger partial charge is 0.481 e. The molecule has 18 heavy (non-hydrogen) atoms. The zero-order valence-electron chi connectivity index (χ0n) is 9.74. The Labute approximate surface area is 103 Å². The van der Waals surface area contributed by atoms with E-state index in [0.29, 0.717) is 0 Å². The van der Waals surface area contributed by atoms with Gasteiger partial charge in [0, 0.05) is 13.0 Å². The molecule has 0 aromatic heterocycles. The van der Waals surface area contributed by atoms with E-state index < -0.39 is 29.9 Å². The van der Waals surface area contributed by atoms with Gasteiger partial charge in [0.15, 0.2) is 6.04 Å². The molecular formula is C10H16N2O6. The van der Waals surface area contributed by atoms with Crippen LogP contribution in [-0.2, 0) is 19.1 Å². The topological polar surface area (TPSA) is 130 Å². The lowest BCUT2D eigenvalue weighted by molar-refractivity contribution is -0.159. The molecule has 1 amide bonds. The van der Waals surface area contributed by atoms with E-state index in [2.05, 4.69) is 0 Å². The average molecular weight is 260 g/mol. The third-order valence-corrected chi connectivity index (χ3v) is 2.68. The first-order valence-electron chi connectivity index (χ1n) is 5.52. The van der Waals surface area contributed by atoms with Crippen molar-refractivity contribution in [2.75, 3.05) is 19.8 Å². The van der Waals surface area contributed by atoms with Crippen LogP contribution in [0.15, 0.2) is 0 Å². The molecule has 1 aliphatic heterocycles. The molecule has 0 radical (unpaired) electrons. The van der Waals surface area contributed by atoms with Crippen LogP contribution in [0, 0.1) is 0 Å². The maximum Gasteiger partial charge on any atom is 0.328 e. The number of carboxylic acids is 2. The van der Waals surface area contributed by atoms with Gasteiger partial charge >= 0.3 is 11.9 Å². The first-order chi connectivity index (χ1) is 8.43. The van der Waals surface area contributed by atoms with Crippen LogP contribution in [0.4, 0.5) is 0 Å². The van der Waals surface area contributed by atoms with Crippen LogP contribution in [-0.4, -0.2) is 64.8 Å². The summed E-state index contributed by atoms with van der Waals surface area (Å²) >= 11 is 0. The Bertz CT molecular complexity index is 345. The molecule has 0 spiro atoms. The van der Waals surface area contributed by atoms with Gasteiger partial charge < -0.3 is 25.6 Å². The summed E-state index contributed by atoms with van der Waals surface area (Å²) in [7, 11) is 0. The fraction of sp³-hybridized carbons (Fsp3) is 0.700. The number of ether oxygens (including phenoxy) is 1. The molecular weight excluding hydrogens is 244 g/mol. The quantitative estimate of drug-likeness (QED) is 0.547. The average Bonchev–Trinajstić information content (AvgIpc) is 2.34. The van der Waals surface area contributed by atoms with Gasteiger partial charge in [0.25, 0.3) is 0 Å². The van der Waals surface area contributed by atoms with Gasteiger partial charge in [-0.2, -0.15) is 0 Å². The minimum Gasteiger partial charge on any atom is -0.481 e. The Kier molecular flexibility index (Phi) is 5.05. The molecule has 0 aliphatic carbocycles. The number of carboxylic acid groups (broad SMARTS) is 2. The van der Waals surface area contributed by atoms with Crippen molar-refractivity contribution in [2.45, 2.75) is 24.9 Å². The maximum atomic E-state index is 11.9. The monoisotopic (exact) mass is 260 g/mol. The fourth-order valence-electron chi connectivity index (χ4n) is 1.69. The molecule has 1 aliphatic rings. The third-order valence-electron chi connectivity index (χ3n) is 2.68. The zero-order valence-corrected chi connectivity index (χ0v) is 9.74. The van der Waals surface area contributed by atoms with Crippen LogP contribution >= 0.6 is 0 Å². The van der Waals surface area contributed by atoms with Crippen LogP contribution in [0.3, 0.4) is 0 Å². The number of hydrogen-bond donors (Lipinski definition) is 3. The minimum atomic E-state index is -1.16. The van der Waals surface area contributed by atoms with Crippen molar-refractivity contribution in [1.29, 1.82) is 0 Å². The first-order valence-corrected chi connectivity index (χ1v) is 5.52. The van der Waals surface area contributed by atoms with Crippen LogP contribution in [0.25, 0.3) is 0 Å². The molecule has 0 aromatic rings.